The normalized spacial score (nSPS) is 10.9. The molecule has 1 aromatic rings. The van der Waals surface area contributed by atoms with Crippen molar-refractivity contribution in [3.63, 3.8) is 0 Å². The molecule has 0 atom stereocenters. The lowest BCUT2D eigenvalue weighted by Gasteiger charge is -2.10. The van der Waals surface area contributed by atoms with Crippen LogP contribution < -0.4 is 4.74 Å². The van der Waals surface area contributed by atoms with E-state index in [1.54, 1.807) is 12.1 Å². The van der Waals surface area contributed by atoms with Crippen molar-refractivity contribution in [2.24, 2.45) is 0 Å². The number of hydrogen-bond acceptors (Lipinski definition) is 2. The number of ether oxygens (including phenoxy) is 1. The fourth-order valence-electron chi connectivity index (χ4n) is 1.01. The Morgan fingerprint density at radius 1 is 1.38 bits per heavy atom. The van der Waals surface area contributed by atoms with Crippen LogP contribution in [0.15, 0.2) is 22.7 Å². The highest BCUT2D eigenvalue weighted by atomic mass is 79.9. The minimum absolute atomic E-state index is 0.154. The summed E-state index contributed by atoms with van der Waals surface area (Å²) in [6.45, 7) is -0.491. The maximum atomic E-state index is 11.9. The standard InChI is InChI=1S/C10H7BrF3NO/c11-8-2-1-3-9(7(8)6-15)16-5-4-10(12,13)14/h1-3H,4-5H2. The molecule has 1 rings (SSSR count). The lowest BCUT2D eigenvalue weighted by Crippen LogP contribution is -2.13. The van der Waals surface area contributed by atoms with Crippen LogP contribution in [-0.4, -0.2) is 12.8 Å². The maximum Gasteiger partial charge on any atom is 0.392 e. The van der Waals surface area contributed by atoms with E-state index in [2.05, 4.69) is 15.9 Å². The van der Waals surface area contributed by atoms with Crippen LogP contribution in [-0.2, 0) is 0 Å². The van der Waals surface area contributed by atoms with Crippen LogP contribution in [0.2, 0.25) is 0 Å². The lowest BCUT2D eigenvalue weighted by molar-refractivity contribution is -0.139. The van der Waals surface area contributed by atoms with Crippen LogP contribution in [0, 0.1) is 11.3 Å². The summed E-state index contributed by atoms with van der Waals surface area (Å²) in [5, 5.41) is 8.78. The summed E-state index contributed by atoms with van der Waals surface area (Å²) in [7, 11) is 0. The molecule has 6 heteroatoms. The molecule has 0 amide bonds. The number of benzene rings is 1. The molecule has 0 aliphatic rings. The second kappa shape index (κ2) is 5.21. The highest BCUT2D eigenvalue weighted by Gasteiger charge is 2.27. The summed E-state index contributed by atoms with van der Waals surface area (Å²) in [5.41, 5.74) is 0.199. The first-order chi connectivity index (χ1) is 7.44. The van der Waals surface area contributed by atoms with E-state index in [9.17, 15) is 13.2 Å². The molecule has 0 saturated carbocycles. The van der Waals surface area contributed by atoms with Crippen molar-refractivity contribution in [1.82, 2.24) is 0 Å². The van der Waals surface area contributed by atoms with E-state index in [-0.39, 0.29) is 11.3 Å². The summed E-state index contributed by atoms with van der Waals surface area (Å²) < 4.78 is 41.0. The molecule has 0 spiro atoms. The molecule has 2 nitrogen and oxygen atoms in total. The summed E-state index contributed by atoms with van der Waals surface area (Å²) >= 11 is 3.11. The molecule has 0 aliphatic heterocycles. The first-order valence-electron chi connectivity index (χ1n) is 4.32. The van der Waals surface area contributed by atoms with Gasteiger partial charge in [-0.3, -0.25) is 0 Å². The van der Waals surface area contributed by atoms with Crippen LogP contribution in [0.4, 0.5) is 13.2 Å². The predicted molar refractivity (Wildman–Crippen MR) is 55.0 cm³/mol. The molecule has 0 bridgehead atoms. The van der Waals surface area contributed by atoms with Gasteiger partial charge in [-0.25, -0.2) is 0 Å². The van der Waals surface area contributed by atoms with Crippen molar-refractivity contribution in [2.75, 3.05) is 6.61 Å². The zero-order valence-corrected chi connectivity index (χ0v) is 9.60. The average Bonchev–Trinajstić information content (AvgIpc) is 2.16. The molecule has 16 heavy (non-hydrogen) atoms. The van der Waals surface area contributed by atoms with Crippen molar-refractivity contribution < 1.29 is 17.9 Å². The van der Waals surface area contributed by atoms with Gasteiger partial charge < -0.3 is 4.74 Å². The number of halogens is 4. The molecule has 1 aromatic carbocycles. The molecule has 86 valence electrons. The molecule has 0 saturated heterocycles. The average molecular weight is 294 g/mol. The summed E-state index contributed by atoms with van der Waals surface area (Å²) in [6, 6.07) is 6.53. The van der Waals surface area contributed by atoms with Crippen molar-refractivity contribution in [3.8, 4) is 11.8 Å². The van der Waals surface area contributed by atoms with Crippen molar-refractivity contribution in [3.05, 3.63) is 28.2 Å². The number of rotatable bonds is 3. The van der Waals surface area contributed by atoms with Gasteiger partial charge in [-0.2, -0.15) is 18.4 Å². The Bertz CT molecular complexity index is 412. The Morgan fingerprint density at radius 3 is 2.62 bits per heavy atom. The van der Waals surface area contributed by atoms with Crippen molar-refractivity contribution in [1.29, 1.82) is 5.26 Å². The SMILES string of the molecule is N#Cc1c(Br)cccc1OCCC(F)(F)F. The van der Waals surface area contributed by atoms with E-state index < -0.39 is 19.2 Å². The van der Waals surface area contributed by atoms with E-state index in [0.717, 1.165) is 0 Å². The Hall–Kier alpha value is -1.22. The van der Waals surface area contributed by atoms with Crippen LogP contribution in [0.5, 0.6) is 5.75 Å². The third-order valence-corrected chi connectivity index (χ3v) is 2.39. The minimum Gasteiger partial charge on any atom is -0.492 e. The van der Waals surface area contributed by atoms with Gasteiger partial charge in [-0.05, 0) is 28.1 Å². The van der Waals surface area contributed by atoms with E-state index in [0.29, 0.717) is 4.47 Å². The Balaban J connectivity index is 2.68. The van der Waals surface area contributed by atoms with Gasteiger partial charge >= 0.3 is 6.18 Å². The maximum absolute atomic E-state index is 11.9. The highest BCUT2D eigenvalue weighted by Crippen LogP contribution is 2.27. The fraction of sp³-hybridized carbons (Fsp3) is 0.300. The largest absolute Gasteiger partial charge is 0.492 e. The van der Waals surface area contributed by atoms with Gasteiger partial charge in [-0.1, -0.05) is 6.07 Å². The number of alkyl halides is 3. The molecule has 0 N–H and O–H groups in total. The van der Waals surface area contributed by atoms with Crippen LogP contribution >= 0.6 is 15.9 Å². The Labute approximate surface area is 98.8 Å². The first-order valence-corrected chi connectivity index (χ1v) is 5.11. The second-order valence-corrected chi connectivity index (χ2v) is 3.79. The van der Waals surface area contributed by atoms with Crippen LogP contribution in [0.25, 0.3) is 0 Å². The third-order valence-electron chi connectivity index (χ3n) is 1.73. The minimum atomic E-state index is -4.25. The summed E-state index contributed by atoms with van der Waals surface area (Å²) in [6.07, 6.45) is -5.29. The molecular formula is C10H7BrF3NO. The second-order valence-electron chi connectivity index (χ2n) is 2.94. The molecule has 0 radical (unpaired) electrons. The van der Waals surface area contributed by atoms with Gasteiger partial charge in [-0.15, -0.1) is 0 Å². The molecule has 0 fully saturated rings. The topological polar surface area (TPSA) is 33.0 Å². The number of nitrogens with zero attached hydrogens (tertiary/aromatic N) is 1. The van der Waals surface area contributed by atoms with Crippen LogP contribution in [0.3, 0.4) is 0 Å². The molecule has 0 aromatic heterocycles. The number of hydrogen-bond donors (Lipinski definition) is 0. The zero-order chi connectivity index (χ0) is 12.2. The molecule has 0 unspecified atom stereocenters. The number of nitriles is 1. The van der Waals surface area contributed by atoms with E-state index >= 15 is 0 Å². The van der Waals surface area contributed by atoms with E-state index in [1.165, 1.54) is 6.07 Å². The smallest absolute Gasteiger partial charge is 0.392 e. The molecule has 0 heterocycles. The zero-order valence-electron chi connectivity index (χ0n) is 8.01. The first kappa shape index (κ1) is 12.8. The van der Waals surface area contributed by atoms with E-state index in [1.807, 2.05) is 6.07 Å². The van der Waals surface area contributed by atoms with Gasteiger partial charge in [0.05, 0.1) is 13.0 Å². The van der Waals surface area contributed by atoms with Crippen LogP contribution in [0.1, 0.15) is 12.0 Å². The Morgan fingerprint density at radius 2 is 2.06 bits per heavy atom. The summed E-state index contributed by atoms with van der Waals surface area (Å²) in [5.74, 6) is 0.154. The van der Waals surface area contributed by atoms with Gasteiger partial charge in [0, 0.05) is 4.47 Å². The van der Waals surface area contributed by atoms with Crippen molar-refractivity contribution >= 4 is 15.9 Å². The highest BCUT2D eigenvalue weighted by molar-refractivity contribution is 9.10. The molecular weight excluding hydrogens is 287 g/mol. The fourth-order valence-corrected chi connectivity index (χ4v) is 1.45. The van der Waals surface area contributed by atoms with E-state index in [4.69, 9.17) is 10.00 Å². The quantitative estimate of drug-likeness (QED) is 0.852. The predicted octanol–water partition coefficient (Wildman–Crippen LogP) is 3.65. The Kier molecular flexibility index (Phi) is 4.19. The van der Waals surface area contributed by atoms with Gasteiger partial charge in [0.1, 0.15) is 17.4 Å². The summed E-state index contributed by atoms with van der Waals surface area (Å²) in [4.78, 5) is 0. The van der Waals surface area contributed by atoms with Gasteiger partial charge in [0.15, 0.2) is 0 Å². The van der Waals surface area contributed by atoms with Gasteiger partial charge in [0.2, 0.25) is 0 Å². The van der Waals surface area contributed by atoms with Gasteiger partial charge in [0.25, 0.3) is 0 Å². The molecule has 0 aliphatic carbocycles. The monoisotopic (exact) mass is 293 g/mol. The third kappa shape index (κ3) is 3.74. The lowest BCUT2D eigenvalue weighted by atomic mass is 10.2. The van der Waals surface area contributed by atoms with Crippen molar-refractivity contribution in [2.45, 2.75) is 12.6 Å².